The Labute approximate surface area is 227 Å². The number of nitrogens with zero attached hydrogens (tertiary/aromatic N) is 4. The number of hydrogen-bond acceptors (Lipinski definition) is 6. The van der Waals surface area contributed by atoms with Gasteiger partial charge in [0, 0.05) is 36.5 Å². The Morgan fingerprint density at radius 2 is 1.87 bits per heavy atom. The summed E-state index contributed by atoms with van der Waals surface area (Å²) in [7, 11) is 1.54. The molecule has 2 aromatic carbocycles. The number of anilines is 1. The zero-order chi connectivity index (χ0) is 27.4. The van der Waals surface area contributed by atoms with Crippen molar-refractivity contribution in [2.24, 2.45) is 0 Å². The molecule has 0 unspecified atom stereocenters. The van der Waals surface area contributed by atoms with E-state index in [1.807, 2.05) is 24.3 Å². The van der Waals surface area contributed by atoms with E-state index in [0.29, 0.717) is 34.3 Å². The number of nitrogens with one attached hydrogen (secondary N) is 2. The summed E-state index contributed by atoms with van der Waals surface area (Å²) >= 11 is 0. The predicted octanol–water partition coefficient (Wildman–Crippen LogP) is 5.34. The molecule has 39 heavy (non-hydrogen) atoms. The molecule has 0 atom stereocenters. The highest BCUT2D eigenvalue weighted by Crippen LogP contribution is 2.31. The molecule has 3 heterocycles. The highest BCUT2D eigenvalue weighted by Gasteiger charge is 2.20. The zero-order valence-corrected chi connectivity index (χ0v) is 22.0. The lowest BCUT2D eigenvalue weighted by Crippen LogP contribution is -2.32. The van der Waals surface area contributed by atoms with Crippen molar-refractivity contribution in [3.8, 4) is 17.6 Å². The van der Waals surface area contributed by atoms with E-state index >= 15 is 0 Å². The molecule has 1 fully saturated rings. The lowest BCUT2D eigenvalue weighted by molar-refractivity contribution is 0.102. The van der Waals surface area contributed by atoms with Gasteiger partial charge < -0.3 is 20.3 Å². The van der Waals surface area contributed by atoms with Crippen molar-refractivity contribution in [1.82, 2.24) is 19.8 Å². The molecule has 0 saturated carbocycles. The molecular formula is C30H30N6O3. The van der Waals surface area contributed by atoms with Crippen molar-refractivity contribution in [2.45, 2.75) is 25.7 Å². The maximum atomic E-state index is 12.9. The third-order valence-corrected chi connectivity index (χ3v) is 7.22. The molecule has 1 aliphatic rings. The Kier molecular flexibility index (Phi) is 7.57. The number of hydrogen-bond donors (Lipinski definition) is 2. The molecule has 5 rings (SSSR count). The van der Waals surface area contributed by atoms with E-state index in [4.69, 9.17) is 4.74 Å². The minimum absolute atomic E-state index is 0.262. The molecule has 2 amide bonds. The first kappa shape index (κ1) is 25.9. The van der Waals surface area contributed by atoms with Crippen molar-refractivity contribution >= 4 is 28.7 Å². The van der Waals surface area contributed by atoms with Crippen LogP contribution in [0.15, 0.2) is 67.0 Å². The molecule has 2 N–H and O–H groups in total. The highest BCUT2D eigenvalue weighted by molar-refractivity contribution is 6.03. The molecule has 0 radical (unpaired) electrons. The fourth-order valence-corrected chi connectivity index (χ4v) is 4.98. The molecule has 0 bridgehead atoms. The number of ether oxygens (including phenoxy) is 1. The summed E-state index contributed by atoms with van der Waals surface area (Å²) in [5.74, 6) is 1.35. The number of fused-ring (bicyclic) bond motifs is 1. The summed E-state index contributed by atoms with van der Waals surface area (Å²) in [5.41, 5.74) is 2.69. The summed E-state index contributed by atoms with van der Waals surface area (Å²) < 4.78 is 7.44. The fraction of sp³-hybridized carbons (Fsp3) is 0.267. The van der Waals surface area contributed by atoms with Gasteiger partial charge in [-0.05, 0) is 80.4 Å². The minimum atomic E-state index is -0.302. The number of aromatic nitrogens is 2. The summed E-state index contributed by atoms with van der Waals surface area (Å²) in [6.07, 6.45) is 5.44. The van der Waals surface area contributed by atoms with Crippen LogP contribution in [0, 0.1) is 11.3 Å². The van der Waals surface area contributed by atoms with Gasteiger partial charge in [-0.3, -0.25) is 9.36 Å². The number of rotatable bonds is 6. The van der Waals surface area contributed by atoms with Crippen LogP contribution in [-0.4, -0.2) is 53.1 Å². The quantitative estimate of drug-likeness (QED) is 0.354. The largest absolute Gasteiger partial charge is 0.456 e. The Bertz CT molecular complexity index is 1550. The van der Waals surface area contributed by atoms with E-state index in [2.05, 4.69) is 33.5 Å². The lowest BCUT2D eigenvalue weighted by atomic mass is 9.89. The average Bonchev–Trinajstić information content (AvgIpc) is 3.39. The van der Waals surface area contributed by atoms with Crippen LogP contribution in [0.25, 0.3) is 10.9 Å². The smallest absolute Gasteiger partial charge is 0.325 e. The normalized spacial score (nSPS) is 14.1. The van der Waals surface area contributed by atoms with Crippen LogP contribution in [0.3, 0.4) is 0 Å². The Hall–Kier alpha value is -4.68. The highest BCUT2D eigenvalue weighted by atomic mass is 16.5. The molecule has 2 aromatic heterocycles. The molecule has 0 spiro atoms. The molecule has 198 valence electrons. The van der Waals surface area contributed by atoms with Crippen molar-refractivity contribution in [3.05, 3.63) is 83.7 Å². The molecule has 9 heteroatoms. The van der Waals surface area contributed by atoms with Gasteiger partial charge in [0.25, 0.3) is 5.91 Å². The number of piperidine rings is 1. The number of nitriles is 1. The van der Waals surface area contributed by atoms with Crippen molar-refractivity contribution in [1.29, 1.82) is 5.26 Å². The first-order chi connectivity index (χ1) is 19.0. The molecule has 1 aliphatic heterocycles. The lowest BCUT2D eigenvalue weighted by Gasteiger charge is -2.31. The first-order valence-electron chi connectivity index (χ1n) is 13.0. The molecule has 4 aromatic rings. The monoisotopic (exact) mass is 522 g/mol. The number of benzene rings is 2. The van der Waals surface area contributed by atoms with E-state index in [9.17, 15) is 14.9 Å². The minimum Gasteiger partial charge on any atom is -0.456 e. The summed E-state index contributed by atoms with van der Waals surface area (Å²) in [6, 6.07) is 18.0. The fourth-order valence-electron chi connectivity index (χ4n) is 4.98. The van der Waals surface area contributed by atoms with Gasteiger partial charge in [0.15, 0.2) is 0 Å². The Morgan fingerprint density at radius 1 is 1.10 bits per heavy atom. The second-order valence-corrected chi connectivity index (χ2v) is 9.52. The van der Waals surface area contributed by atoms with Gasteiger partial charge >= 0.3 is 6.03 Å². The van der Waals surface area contributed by atoms with Crippen molar-refractivity contribution in [2.75, 3.05) is 32.0 Å². The van der Waals surface area contributed by atoms with Gasteiger partial charge in [-0.25, -0.2) is 9.78 Å². The Balaban J connectivity index is 1.28. The van der Waals surface area contributed by atoms with Crippen LogP contribution < -0.4 is 15.4 Å². The summed E-state index contributed by atoms with van der Waals surface area (Å²) in [6.45, 7) is 5.51. The van der Waals surface area contributed by atoms with Gasteiger partial charge in [0.05, 0.1) is 11.1 Å². The predicted molar refractivity (Wildman–Crippen MR) is 149 cm³/mol. The second-order valence-electron chi connectivity index (χ2n) is 9.52. The molecule has 9 nitrogen and oxygen atoms in total. The standard InChI is InChI=1S/C30H30N6O3/c1-3-35-13-9-21(10-14-35)20-4-6-22(7-5-20)29(37)34-28-18-25(8-12-33-28)39-27-17-23-11-15-36(30(38)32-2)26(23)16-24(27)19-31/h4-8,11-12,15-18,21H,3,9-10,13-14H2,1-2H3,(H,32,38)(H,33,34,37). The summed E-state index contributed by atoms with van der Waals surface area (Å²) in [4.78, 5) is 31.7. The SMILES string of the molecule is CCN1CCC(c2ccc(C(=O)Nc3cc(Oc4cc5ccn(C(=O)NC)c5cc4C#N)ccn3)cc2)CC1. The van der Waals surface area contributed by atoms with Crippen LogP contribution in [0.2, 0.25) is 0 Å². The topological polar surface area (TPSA) is 112 Å². The van der Waals surface area contributed by atoms with Crippen LogP contribution >= 0.6 is 0 Å². The van der Waals surface area contributed by atoms with E-state index in [1.165, 1.54) is 16.3 Å². The molecular weight excluding hydrogens is 492 g/mol. The maximum Gasteiger partial charge on any atom is 0.325 e. The van der Waals surface area contributed by atoms with Crippen LogP contribution in [-0.2, 0) is 0 Å². The van der Waals surface area contributed by atoms with Crippen LogP contribution in [0.4, 0.5) is 10.6 Å². The number of carbonyl (C=O) groups excluding carboxylic acids is 2. The van der Waals surface area contributed by atoms with E-state index in [-0.39, 0.29) is 17.5 Å². The van der Waals surface area contributed by atoms with Gasteiger partial charge in [-0.15, -0.1) is 0 Å². The zero-order valence-electron chi connectivity index (χ0n) is 22.0. The molecule has 1 saturated heterocycles. The van der Waals surface area contributed by atoms with Gasteiger partial charge in [-0.2, -0.15) is 5.26 Å². The van der Waals surface area contributed by atoms with Gasteiger partial charge in [0.2, 0.25) is 0 Å². The Morgan fingerprint density at radius 3 is 2.56 bits per heavy atom. The number of pyridine rings is 1. The van der Waals surface area contributed by atoms with Gasteiger partial charge in [-0.1, -0.05) is 19.1 Å². The first-order valence-corrected chi connectivity index (χ1v) is 13.0. The van der Waals surface area contributed by atoms with Crippen LogP contribution in [0.1, 0.15) is 47.2 Å². The third kappa shape index (κ3) is 5.61. The summed E-state index contributed by atoms with van der Waals surface area (Å²) in [5, 5.41) is 15.8. The van der Waals surface area contributed by atoms with E-state index in [1.54, 1.807) is 43.6 Å². The number of carbonyl (C=O) groups is 2. The maximum absolute atomic E-state index is 12.9. The second kappa shape index (κ2) is 11.4. The number of likely N-dealkylation sites (tertiary alicyclic amines) is 1. The van der Waals surface area contributed by atoms with E-state index < -0.39 is 0 Å². The van der Waals surface area contributed by atoms with Crippen molar-refractivity contribution in [3.63, 3.8) is 0 Å². The number of amides is 2. The van der Waals surface area contributed by atoms with Crippen molar-refractivity contribution < 1.29 is 14.3 Å². The van der Waals surface area contributed by atoms with E-state index in [0.717, 1.165) is 37.9 Å². The van der Waals surface area contributed by atoms with Gasteiger partial charge in [0.1, 0.15) is 23.4 Å². The van der Waals surface area contributed by atoms with Crippen LogP contribution in [0.5, 0.6) is 11.5 Å². The molecule has 0 aliphatic carbocycles. The average molecular weight is 523 g/mol. The third-order valence-electron chi connectivity index (χ3n) is 7.22.